The Hall–Kier alpha value is -2.82. The van der Waals surface area contributed by atoms with E-state index in [4.69, 9.17) is 0 Å². The highest BCUT2D eigenvalue weighted by molar-refractivity contribution is 9.10. The fourth-order valence-corrected chi connectivity index (χ4v) is 2.21. The smallest absolute Gasteiger partial charge is 0.361 e. The molecule has 25 heavy (non-hydrogen) atoms. The average Bonchev–Trinajstić information content (AvgIpc) is 2.99. The summed E-state index contributed by atoms with van der Waals surface area (Å²) in [5, 5.41) is 9.43. The third kappa shape index (κ3) is 4.18. The summed E-state index contributed by atoms with van der Waals surface area (Å²) in [7, 11) is 2.20. The van der Waals surface area contributed by atoms with Crippen molar-refractivity contribution in [2.75, 3.05) is 19.5 Å². The number of aromatic nitrogens is 3. The van der Waals surface area contributed by atoms with Gasteiger partial charge in [0.1, 0.15) is 12.4 Å². The Morgan fingerprint density at radius 3 is 2.52 bits per heavy atom. The van der Waals surface area contributed by atoms with Crippen molar-refractivity contribution in [3.05, 3.63) is 39.9 Å². The number of carbonyl (C=O) groups is 3. The molecule has 2 aromatic rings. The number of ether oxygens (including phenoxy) is 2. The second kappa shape index (κ2) is 7.83. The predicted octanol–water partition coefficient (Wildman–Crippen LogP) is 1.39. The SMILES string of the molecule is COC(=O)c1nnn(CC(=O)Nc2ccc(Br)cc2F)c1C(=O)OC. The topological polar surface area (TPSA) is 112 Å². The third-order valence-electron chi connectivity index (χ3n) is 2.99. The summed E-state index contributed by atoms with van der Waals surface area (Å²) in [6, 6.07) is 4.09. The lowest BCUT2D eigenvalue weighted by Gasteiger charge is -2.08. The number of esters is 2. The molecule has 11 heteroatoms. The molecule has 0 aliphatic carbocycles. The quantitative estimate of drug-likeness (QED) is 0.735. The van der Waals surface area contributed by atoms with Crippen LogP contribution in [0.4, 0.5) is 10.1 Å². The van der Waals surface area contributed by atoms with Crippen LogP contribution in [0.25, 0.3) is 0 Å². The van der Waals surface area contributed by atoms with E-state index in [9.17, 15) is 18.8 Å². The molecule has 0 radical (unpaired) electrons. The van der Waals surface area contributed by atoms with Crippen molar-refractivity contribution in [3.8, 4) is 0 Å². The fraction of sp³-hybridized carbons (Fsp3) is 0.214. The molecule has 1 aromatic heterocycles. The number of amides is 1. The van der Waals surface area contributed by atoms with Gasteiger partial charge in [-0.1, -0.05) is 21.1 Å². The number of nitrogens with one attached hydrogen (secondary N) is 1. The van der Waals surface area contributed by atoms with E-state index in [2.05, 4.69) is 41.0 Å². The van der Waals surface area contributed by atoms with Gasteiger partial charge in [0.05, 0.1) is 19.9 Å². The van der Waals surface area contributed by atoms with Gasteiger partial charge in [0.25, 0.3) is 0 Å². The molecule has 1 aromatic carbocycles. The lowest BCUT2D eigenvalue weighted by Crippen LogP contribution is -2.24. The molecular weight excluding hydrogens is 403 g/mol. The highest BCUT2D eigenvalue weighted by atomic mass is 79.9. The first-order chi connectivity index (χ1) is 11.9. The molecule has 1 N–H and O–H groups in total. The molecule has 1 heterocycles. The molecule has 0 unspecified atom stereocenters. The van der Waals surface area contributed by atoms with E-state index in [1.54, 1.807) is 6.07 Å². The van der Waals surface area contributed by atoms with Crippen LogP contribution in [-0.4, -0.2) is 47.1 Å². The Bertz CT molecular complexity index is 839. The zero-order chi connectivity index (χ0) is 18.6. The van der Waals surface area contributed by atoms with E-state index in [0.717, 1.165) is 18.9 Å². The summed E-state index contributed by atoms with van der Waals surface area (Å²) in [5.74, 6) is -3.17. The number of anilines is 1. The van der Waals surface area contributed by atoms with Gasteiger partial charge in [-0.15, -0.1) is 5.10 Å². The van der Waals surface area contributed by atoms with E-state index in [1.807, 2.05) is 0 Å². The third-order valence-corrected chi connectivity index (χ3v) is 3.48. The second-order valence-corrected chi connectivity index (χ2v) is 5.52. The lowest BCUT2D eigenvalue weighted by atomic mass is 10.3. The average molecular weight is 415 g/mol. The van der Waals surface area contributed by atoms with Gasteiger partial charge in [0.15, 0.2) is 5.69 Å². The van der Waals surface area contributed by atoms with Crippen LogP contribution in [0.3, 0.4) is 0 Å². The van der Waals surface area contributed by atoms with Crippen LogP contribution in [0.2, 0.25) is 0 Å². The fourth-order valence-electron chi connectivity index (χ4n) is 1.87. The van der Waals surface area contributed by atoms with Gasteiger partial charge in [0, 0.05) is 4.47 Å². The molecule has 0 bridgehead atoms. The zero-order valence-corrected chi connectivity index (χ0v) is 14.7. The van der Waals surface area contributed by atoms with Crippen molar-refractivity contribution >= 4 is 39.5 Å². The summed E-state index contributed by atoms with van der Waals surface area (Å²) >= 11 is 3.10. The summed E-state index contributed by atoms with van der Waals surface area (Å²) in [5.41, 5.74) is -0.793. The first-order valence-corrected chi connectivity index (χ1v) is 7.51. The number of halogens is 2. The standard InChI is InChI=1S/C14H12BrFN4O5/c1-24-13(22)11-12(14(23)25-2)20(19-18-11)6-10(21)17-9-4-3-7(15)5-8(9)16/h3-5H,6H2,1-2H3,(H,17,21). The number of methoxy groups -OCH3 is 2. The van der Waals surface area contributed by atoms with E-state index >= 15 is 0 Å². The molecule has 132 valence electrons. The molecule has 0 spiro atoms. The van der Waals surface area contributed by atoms with Crippen molar-refractivity contribution in [1.29, 1.82) is 0 Å². The van der Waals surface area contributed by atoms with Crippen molar-refractivity contribution in [3.63, 3.8) is 0 Å². The molecule has 0 saturated carbocycles. The number of nitrogens with zero attached hydrogens (tertiary/aromatic N) is 3. The van der Waals surface area contributed by atoms with Crippen LogP contribution in [0.1, 0.15) is 21.0 Å². The minimum atomic E-state index is -0.923. The summed E-state index contributed by atoms with van der Waals surface area (Å²) in [4.78, 5) is 35.5. The Kier molecular flexibility index (Phi) is 5.80. The van der Waals surface area contributed by atoms with Gasteiger partial charge < -0.3 is 14.8 Å². The van der Waals surface area contributed by atoms with Crippen molar-refractivity contribution in [2.45, 2.75) is 6.54 Å². The lowest BCUT2D eigenvalue weighted by molar-refractivity contribution is -0.117. The zero-order valence-electron chi connectivity index (χ0n) is 13.1. The number of hydrogen-bond donors (Lipinski definition) is 1. The van der Waals surface area contributed by atoms with Gasteiger partial charge in [-0.2, -0.15) is 0 Å². The van der Waals surface area contributed by atoms with Gasteiger partial charge >= 0.3 is 11.9 Å². The molecular formula is C14H12BrFN4O5. The van der Waals surface area contributed by atoms with Gasteiger partial charge in [-0.05, 0) is 18.2 Å². The molecule has 9 nitrogen and oxygen atoms in total. The Morgan fingerprint density at radius 2 is 1.92 bits per heavy atom. The maximum absolute atomic E-state index is 13.8. The van der Waals surface area contributed by atoms with Crippen LogP contribution < -0.4 is 5.32 Å². The predicted molar refractivity (Wildman–Crippen MR) is 85.4 cm³/mol. The van der Waals surface area contributed by atoms with Gasteiger partial charge in [-0.3, -0.25) is 4.79 Å². The van der Waals surface area contributed by atoms with Crippen molar-refractivity contribution < 1.29 is 28.2 Å². The number of hydrogen-bond acceptors (Lipinski definition) is 7. The normalized spacial score (nSPS) is 10.2. The Morgan fingerprint density at radius 1 is 1.24 bits per heavy atom. The van der Waals surface area contributed by atoms with Gasteiger partial charge in [-0.25, -0.2) is 18.7 Å². The number of rotatable bonds is 5. The molecule has 0 aliphatic heterocycles. The molecule has 0 aliphatic rings. The molecule has 0 saturated heterocycles. The number of carbonyl (C=O) groups excluding carboxylic acids is 3. The molecule has 0 atom stereocenters. The highest BCUT2D eigenvalue weighted by Crippen LogP contribution is 2.19. The minimum absolute atomic E-state index is 0.0545. The van der Waals surface area contributed by atoms with Crippen LogP contribution >= 0.6 is 15.9 Å². The van der Waals surface area contributed by atoms with Crippen LogP contribution in [0, 0.1) is 5.82 Å². The van der Waals surface area contributed by atoms with E-state index in [1.165, 1.54) is 12.1 Å². The van der Waals surface area contributed by atoms with E-state index < -0.39 is 35.9 Å². The summed E-state index contributed by atoms with van der Waals surface area (Å²) in [6.45, 7) is -0.496. The van der Waals surface area contributed by atoms with Crippen LogP contribution in [-0.2, 0) is 20.8 Å². The van der Waals surface area contributed by atoms with Crippen LogP contribution in [0.5, 0.6) is 0 Å². The minimum Gasteiger partial charge on any atom is -0.464 e. The molecule has 1 amide bonds. The summed E-state index contributed by atoms with van der Waals surface area (Å²) in [6.07, 6.45) is 0. The monoisotopic (exact) mass is 414 g/mol. The van der Waals surface area contributed by atoms with E-state index in [-0.39, 0.29) is 11.4 Å². The van der Waals surface area contributed by atoms with E-state index in [0.29, 0.717) is 4.47 Å². The largest absolute Gasteiger partial charge is 0.464 e. The maximum atomic E-state index is 13.8. The summed E-state index contributed by atoms with van der Waals surface area (Å²) < 4.78 is 24.2. The maximum Gasteiger partial charge on any atom is 0.361 e. The Balaban J connectivity index is 2.24. The Labute approximate surface area is 149 Å². The second-order valence-electron chi connectivity index (χ2n) is 4.60. The molecule has 0 fully saturated rings. The highest BCUT2D eigenvalue weighted by Gasteiger charge is 2.27. The van der Waals surface area contributed by atoms with Crippen molar-refractivity contribution in [2.24, 2.45) is 0 Å². The van der Waals surface area contributed by atoms with Crippen LogP contribution in [0.15, 0.2) is 22.7 Å². The first-order valence-electron chi connectivity index (χ1n) is 6.72. The van der Waals surface area contributed by atoms with Gasteiger partial charge in [0.2, 0.25) is 11.6 Å². The van der Waals surface area contributed by atoms with Crippen molar-refractivity contribution in [1.82, 2.24) is 15.0 Å². The number of benzene rings is 1. The first kappa shape index (κ1) is 18.5. The molecule has 2 rings (SSSR count).